The maximum Gasteiger partial charge on any atom is 0.267 e. The molecule has 172 valence electrons. The number of aromatic nitrogens is 1. The lowest BCUT2D eigenvalue weighted by molar-refractivity contribution is -0.127. The van der Waals surface area contributed by atoms with Crippen LogP contribution in [0.4, 0.5) is 0 Å². The van der Waals surface area contributed by atoms with E-state index >= 15 is 0 Å². The highest BCUT2D eigenvalue weighted by Gasteiger charge is 2.34. The molecule has 1 fully saturated rings. The highest BCUT2D eigenvalue weighted by molar-refractivity contribution is 7.13. The number of amides is 2. The number of rotatable bonds is 7. The maximum atomic E-state index is 13.9. The van der Waals surface area contributed by atoms with Crippen LogP contribution in [0.5, 0.6) is 0 Å². The summed E-state index contributed by atoms with van der Waals surface area (Å²) in [5.41, 5.74) is 2.50. The molecule has 6 heteroatoms. The van der Waals surface area contributed by atoms with E-state index in [4.69, 9.17) is 0 Å². The average Bonchev–Trinajstić information content (AvgIpc) is 3.18. The number of hydrogen-bond acceptors (Lipinski definition) is 4. The molecule has 1 heterocycles. The number of carbonyl (C=O) groups is 2. The van der Waals surface area contributed by atoms with E-state index in [9.17, 15) is 9.59 Å². The topological polar surface area (TPSA) is 62.3 Å². The second-order valence-electron chi connectivity index (χ2n) is 8.72. The zero-order chi connectivity index (χ0) is 23.2. The number of hydrogen-bond donors (Lipinski definition) is 1. The Balaban J connectivity index is 1.73. The van der Waals surface area contributed by atoms with E-state index in [0.29, 0.717) is 17.1 Å². The van der Waals surface area contributed by atoms with Crippen LogP contribution < -0.4 is 5.32 Å². The third-order valence-electron chi connectivity index (χ3n) is 6.18. The van der Waals surface area contributed by atoms with Gasteiger partial charge in [-0.05, 0) is 37.8 Å². The molecule has 0 aliphatic heterocycles. The quantitative estimate of drug-likeness (QED) is 0.499. The average molecular weight is 462 g/mol. The lowest BCUT2D eigenvalue weighted by Gasteiger charge is -2.33. The predicted octanol–water partition coefficient (Wildman–Crippen LogP) is 5.59. The Morgan fingerprint density at radius 2 is 1.64 bits per heavy atom. The molecular weight excluding hydrogens is 430 g/mol. The fourth-order valence-corrected chi connectivity index (χ4v) is 5.43. The highest BCUT2D eigenvalue weighted by atomic mass is 32.1. The maximum absolute atomic E-state index is 13.9. The molecule has 1 saturated carbocycles. The summed E-state index contributed by atoms with van der Waals surface area (Å²) >= 11 is 1.39. The molecule has 0 unspecified atom stereocenters. The minimum absolute atomic E-state index is 0.115. The van der Waals surface area contributed by atoms with Gasteiger partial charge in [-0.1, -0.05) is 79.9 Å². The van der Waals surface area contributed by atoms with Crippen LogP contribution in [0.15, 0.2) is 60.7 Å². The smallest absolute Gasteiger partial charge is 0.267 e. The van der Waals surface area contributed by atoms with Crippen LogP contribution >= 0.6 is 11.3 Å². The van der Waals surface area contributed by atoms with Gasteiger partial charge in [-0.15, -0.1) is 11.3 Å². The molecule has 2 amide bonds. The van der Waals surface area contributed by atoms with Crippen molar-refractivity contribution in [3.05, 3.63) is 87.4 Å². The largest absolute Gasteiger partial charge is 0.351 e. The molecule has 0 spiro atoms. The molecule has 1 aromatic heterocycles. The molecule has 1 atom stereocenters. The second-order valence-corrected chi connectivity index (χ2v) is 9.93. The van der Waals surface area contributed by atoms with Crippen molar-refractivity contribution in [2.75, 3.05) is 0 Å². The lowest BCUT2D eigenvalue weighted by atomic mass is 9.94. The Labute approximate surface area is 199 Å². The summed E-state index contributed by atoms with van der Waals surface area (Å²) in [5.74, 6) is -0.272. The Morgan fingerprint density at radius 1 is 1.00 bits per heavy atom. The van der Waals surface area contributed by atoms with Crippen LogP contribution in [0.3, 0.4) is 0 Å². The van der Waals surface area contributed by atoms with Crippen LogP contribution in [0.2, 0.25) is 0 Å². The second kappa shape index (κ2) is 10.8. The number of carbonyl (C=O) groups excluding carboxylic acids is 2. The van der Waals surface area contributed by atoms with Gasteiger partial charge in [-0.3, -0.25) is 9.59 Å². The third kappa shape index (κ3) is 5.69. The van der Waals surface area contributed by atoms with E-state index in [-0.39, 0.29) is 17.9 Å². The van der Waals surface area contributed by atoms with Gasteiger partial charge in [0, 0.05) is 12.6 Å². The molecule has 4 rings (SSSR count). The van der Waals surface area contributed by atoms with Crippen molar-refractivity contribution in [1.82, 2.24) is 15.2 Å². The van der Waals surface area contributed by atoms with Crippen LogP contribution in [0.25, 0.3) is 0 Å². The Bertz CT molecular complexity index is 1080. The number of nitrogens with zero attached hydrogens (tertiary/aromatic N) is 2. The summed E-state index contributed by atoms with van der Waals surface area (Å²) in [6.07, 6.45) is 5.47. The minimum atomic E-state index is -0.720. The SMILES string of the molecule is Cc1nc(C)c(C(=O)N(Cc2ccccc2)[C@H](C(=O)NC2CCCCC2)c2ccccc2)s1. The molecule has 0 radical (unpaired) electrons. The molecule has 1 aliphatic carbocycles. The van der Waals surface area contributed by atoms with Gasteiger partial charge < -0.3 is 10.2 Å². The minimum Gasteiger partial charge on any atom is -0.351 e. The standard InChI is InChI=1S/C27H31N3O2S/c1-19-25(33-20(2)28-19)27(32)30(18-21-12-6-3-7-13-21)24(22-14-8-4-9-15-22)26(31)29-23-16-10-5-11-17-23/h3-4,6-9,12-15,23-24H,5,10-11,16-18H2,1-2H3,(H,29,31)/t24-/m0/s1. The van der Waals surface area contributed by atoms with Crippen LogP contribution in [-0.4, -0.2) is 27.7 Å². The molecule has 2 aromatic carbocycles. The van der Waals surface area contributed by atoms with Crippen LogP contribution in [0, 0.1) is 13.8 Å². The van der Waals surface area contributed by atoms with Gasteiger partial charge in [-0.25, -0.2) is 4.98 Å². The van der Waals surface area contributed by atoms with Crippen LogP contribution in [-0.2, 0) is 11.3 Å². The van der Waals surface area contributed by atoms with Gasteiger partial charge in [0.25, 0.3) is 5.91 Å². The van der Waals surface area contributed by atoms with Gasteiger partial charge >= 0.3 is 0 Å². The monoisotopic (exact) mass is 461 g/mol. The lowest BCUT2D eigenvalue weighted by Crippen LogP contribution is -2.46. The van der Waals surface area contributed by atoms with E-state index in [1.54, 1.807) is 4.90 Å². The van der Waals surface area contributed by atoms with Crippen molar-refractivity contribution < 1.29 is 9.59 Å². The Kier molecular flexibility index (Phi) is 7.55. The number of thiazole rings is 1. The Hall–Kier alpha value is -2.99. The first-order valence-corrected chi connectivity index (χ1v) is 12.5. The molecular formula is C27H31N3O2S. The zero-order valence-corrected chi connectivity index (χ0v) is 20.1. The van der Waals surface area contributed by atoms with E-state index in [2.05, 4.69) is 10.3 Å². The van der Waals surface area contributed by atoms with E-state index in [1.807, 2.05) is 74.5 Å². The molecule has 33 heavy (non-hydrogen) atoms. The van der Waals surface area contributed by atoms with E-state index in [0.717, 1.165) is 41.8 Å². The molecule has 0 saturated heterocycles. The summed E-state index contributed by atoms with van der Waals surface area (Å²) in [6.45, 7) is 4.10. The summed E-state index contributed by atoms with van der Waals surface area (Å²) in [7, 11) is 0. The molecule has 5 nitrogen and oxygen atoms in total. The van der Waals surface area contributed by atoms with Crippen molar-refractivity contribution in [1.29, 1.82) is 0 Å². The van der Waals surface area contributed by atoms with Crippen molar-refractivity contribution in [2.24, 2.45) is 0 Å². The number of aryl methyl sites for hydroxylation is 2. The molecule has 0 bridgehead atoms. The summed E-state index contributed by atoms with van der Waals surface area (Å²) in [4.78, 5) is 34.4. The zero-order valence-electron chi connectivity index (χ0n) is 19.3. The fourth-order valence-electron chi connectivity index (χ4n) is 4.56. The Morgan fingerprint density at radius 3 is 2.24 bits per heavy atom. The predicted molar refractivity (Wildman–Crippen MR) is 132 cm³/mol. The van der Waals surface area contributed by atoms with Gasteiger partial charge in [0.05, 0.1) is 10.7 Å². The molecule has 3 aromatic rings. The van der Waals surface area contributed by atoms with Crippen LogP contribution in [0.1, 0.15) is 69.6 Å². The van der Waals surface area contributed by atoms with E-state index < -0.39 is 6.04 Å². The number of benzene rings is 2. The van der Waals surface area contributed by atoms with Crippen molar-refractivity contribution >= 4 is 23.2 Å². The van der Waals surface area contributed by atoms with Gasteiger partial charge in [0.1, 0.15) is 10.9 Å². The first-order valence-electron chi connectivity index (χ1n) is 11.7. The molecule has 1 aliphatic rings. The van der Waals surface area contributed by atoms with Crippen molar-refractivity contribution in [3.63, 3.8) is 0 Å². The first kappa shape index (κ1) is 23.2. The third-order valence-corrected chi connectivity index (χ3v) is 7.24. The van der Waals surface area contributed by atoms with Gasteiger partial charge in [0.2, 0.25) is 5.91 Å². The number of nitrogens with one attached hydrogen (secondary N) is 1. The summed E-state index contributed by atoms with van der Waals surface area (Å²) in [6, 6.07) is 18.9. The summed E-state index contributed by atoms with van der Waals surface area (Å²) in [5, 5.41) is 4.11. The fraction of sp³-hybridized carbons (Fsp3) is 0.370. The van der Waals surface area contributed by atoms with Crippen molar-refractivity contribution in [2.45, 2.75) is 64.6 Å². The first-order chi connectivity index (χ1) is 16.0. The normalized spacial score (nSPS) is 15.1. The van der Waals surface area contributed by atoms with Gasteiger partial charge in [0.15, 0.2) is 0 Å². The summed E-state index contributed by atoms with van der Waals surface area (Å²) < 4.78 is 0. The molecule has 1 N–H and O–H groups in total. The van der Waals surface area contributed by atoms with Crippen molar-refractivity contribution in [3.8, 4) is 0 Å². The van der Waals surface area contributed by atoms with E-state index in [1.165, 1.54) is 17.8 Å². The highest BCUT2D eigenvalue weighted by Crippen LogP contribution is 2.29. The van der Waals surface area contributed by atoms with Gasteiger partial charge in [-0.2, -0.15) is 0 Å².